The van der Waals surface area contributed by atoms with E-state index in [9.17, 15) is 4.79 Å². The lowest BCUT2D eigenvalue weighted by atomic mass is 10.2. The minimum atomic E-state index is -0.0318. The van der Waals surface area contributed by atoms with Gasteiger partial charge < -0.3 is 9.88 Å². The zero-order valence-electron chi connectivity index (χ0n) is 16.5. The van der Waals surface area contributed by atoms with E-state index in [1.54, 1.807) is 11.8 Å². The number of benzene rings is 2. The van der Waals surface area contributed by atoms with Crippen molar-refractivity contribution in [1.29, 1.82) is 0 Å². The fourth-order valence-corrected chi connectivity index (χ4v) is 4.51. The maximum Gasteiger partial charge on any atom is 0.230 e. The Morgan fingerprint density at radius 2 is 1.83 bits per heavy atom. The van der Waals surface area contributed by atoms with Crippen molar-refractivity contribution >= 4 is 41.0 Å². The number of carbonyl (C=O) groups is 1. The first-order valence-corrected chi connectivity index (χ1v) is 12.0. The molecular formula is C22H23ClN4OS2. The van der Waals surface area contributed by atoms with Crippen LogP contribution in [0.15, 0.2) is 72.4 Å². The Morgan fingerprint density at radius 3 is 2.57 bits per heavy atom. The predicted molar refractivity (Wildman–Crippen MR) is 126 cm³/mol. The lowest BCUT2D eigenvalue weighted by Gasteiger charge is -2.08. The predicted octanol–water partition coefficient (Wildman–Crippen LogP) is 4.96. The van der Waals surface area contributed by atoms with Gasteiger partial charge in [-0.15, -0.1) is 28.5 Å². The largest absolute Gasteiger partial charge is 0.351 e. The lowest BCUT2D eigenvalue weighted by molar-refractivity contribution is -0.118. The molecule has 1 heterocycles. The molecule has 0 spiro atoms. The lowest BCUT2D eigenvalue weighted by Crippen LogP contribution is -2.24. The second-order valence-electron chi connectivity index (χ2n) is 6.47. The van der Waals surface area contributed by atoms with Crippen LogP contribution in [0, 0.1) is 0 Å². The van der Waals surface area contributed by atoms with Gasteiger partial charge in [0.2, 0.25) is 5.91 Å². The van der Waals surface area contributed by atoms with Crippen LogP contribution in [0.1, 0.15) is 17.0 Å². The first-order valence-electron chi connectivity index (χ1n) is 9.44. The van der Waals surface area contributed by atoms with Crippen LogP contribution >= 0.6 is 35.1 Å². The highest BCUT2D eigenvalue weighted by Crippen LogP contribution is 2.22. The Labute approximate surface area is 190 Å². The smallest absolute Gasteiger partial charge is 0.230 e. The summed E-state index contributed by atoms with van der Waals surface area (Å²) in [4.78, 5) is 12.2. The maximum absolute atomic E-state index is 12.2. The van der Waals surface area contributed by atoms with Gasteiger partial charge >= 0.3 is 0 Å². The maximum atomic E-state index is 12.2. The van der Waals surface area contributed by atoms with E-state index in [2.05, 4.69) is 22.1 Å². The molecule has 1 N–H and O–H groups in total. The van der Waals surface area contributed by atoms with Crippen molar-refractivity contribution in [3.8, 4) is 0 Å². The van der Waals surface area contributed by atoms with Crippen LogP contribution in [0.4, 0.5) is 0 Å². The Kier molecular flexibility index (Phi) is 8.86. The van der Waals surface area contributed by atoms with E-state index >= 15 is 0 Å². The fourth-order valence-electron chi connectivity index (χ4n) is 2.66. The third-order valence-electron chi connectivity index (χ3n) is 4.18. The molecule has 0 aliphatic carbocycles. The highest BCUT2D eigenvalue weighted by atomic mass is 35.5. The van der Waals surface area contributed by atoms with E-state index in [4.69, 9.17) is 11.6 Å². The second-order valence-corrected chi connectivity index (χ2v) is 8.83. The monoisotopic (exact) mass is 458 g/mol. The molecule has 1 amide bonds. The van der Waals surface area contributed by atoms with Crippen LogP contribution in [0.3, 0.4) is 0 Å². The molecule has 0 fully saturated rings. The molecule has 3 rings (SSSR count). The van der Waals surface area contributed by atoms with Gasteiger partial charge in [0.15, 0.2) is 5.16 Å². The van der Waals surface area contributed by atoms with Gasteiger partial charge in [0, 0.05) is 23.9 Å². The number of thioether (sulfide) groups is 2. The number of nitrogens with zero attached hydrogens (tertiary/aromatic N) is 3. The van der Waals surface area contributed by atoms with Gasteiger partial charge in [-0.3, -0.25) is 4.79 Å². The van der Waals surface area contributed by atoms with E-state index in [0.29, 0.717) is 18.8 Å². The molecule has 30 heavy (non-hydrogen) atoms. The minimum absolute atomic E-state index is 0.0318. The number of nitrogens with one attached hydrogen (secondary N) is 1. The van der Waals surface area contributed by atoms with Crippen LogP contribution in [0.2, 0.25) is 5.02 Å². The van der Waals surface area contributed by atoms with E-state index < -0.39 is 0 Å². The zero-order chi connectivity index (χ0) is 21.2. The fraction of sp³-hybridized carbons (Fsp3) is 0.227. The summed E-state index contributed by atoms with van der Waals surface area (Å²) in [6, 6.07) is 17.7. The Morgan fingerprint density at radius 1 is 1.07 bits per heavy atom. The molecule has 1 aromatic heterocycles. The van der Waals surface area contributed by atoms with Gasteiger partial charge in [-0.1, -0.05) is 71.9 Å². The number of hydrogen-bond acceptors (Lipinski definition) is 5. The average molecular weight is 459 g/mol. The second kappa shape index (κ2) is 11.8. The van der Waals surface area contributed by atoms with E-state index in [-0.39, 0.29) is 5.91 Å². The molecule has 5 nitrogen and oxygen atoms in total. The van der Waals surface area contributed by atoms with Crippen LogP contribution in [0.5, 0.6) is 0 Å². The number of halogens is 1. The number of allylic oxidation sites excluding steroid dienone is 1. The van der Waals surface area contributed by atoms with Gasteiger partial charge in [0.05, 0.1) is 11.5 Å². The molecule has 0 saturated carbocycles. The highest BCUT2D eigenvalue weighted by molar-refractivity contribution is 7.99. The minimum Gasteiger partial charge on any atom is -0.351 e. The van der Waals surface area contributed by atoms with Crippen molar-refractivity contribution in [1.82, 2.24) is 20.1 Å². The normalized spacial score (nSPS) is 10.7. The first kappa shape index (κ1) is 22.5. The number of aromatic nitrogens is 3. The summed E-state index contributed by atoms with van der Waals surface area (Å²) < 4.78 is 2.01. The summed E-state index contributed by atoms with van der Waals surface area (Å²) in [5, 5.41) is 13.0. The van der Waals surface area contributed by atoms with E-state index in [0.717, 1.165) is 33.1 Å². The Hall–Kier alpha value is -2.22. The SMILES string of the molecule is C=CCn1c(CSCc2ccc(Cl)cc2)nnc1SCC(=O)NCc1ccccc1. The topological polar surface area (TPSA) is 59.8 Å². The molecule has 0 saturated heterocycles. The Bertz CT molecular complexity index is 961. The summed E-state index contributed by atoms with van der Waals surface area (Å²) in [6.07, 6.45) is 1.82. The van der Waals surface area contributed by atoms with Gasteiger partial charge in [-0.05, 0) is 23.3 Å². The van der Waals surface area contributed by atoms with Crippen LogP contribution < -0.4 is 5.32 Å². The molecule has 8 heteroatoms. The number of carbonyl (C=O) groups excluding carboxylic acids is 1. The van der Waals surface area contributed by atoms with Crippen molar-refractivity contribution in [3.63, 3.8) is 0 Å². The molecule has 2 aromatic carbocycles. The van der Waals surface area contributed by atoms with Crippen LogP contribution in [-0.4, -0.2) is 26.4 Å². The molecule has 0 aliphatic heterocycles. The average Bonchev–Trinajstić information content (AvgIpc) is 3.15. The molecule has 0 atom stereocenters. The summed E-state index contributed by atoms with van der Waals surface area (Å²) in [7, 11) is 0. The summed E-state index contributed by atoms with van der Waals surface area (Å²) in [5.41, 5.74) is 2.29. The van der Waals surface area contributed by atoms with Crippen molar-refractivity contribution in [2.24, 2.45) is 0 Å². The highest BCUT2D eigenvalue weighted by Gasteiger charge is 2.13. The third kappa shape index (κ3) is 6.93. The Balaban J connectivity index is 1.50. The third-order valence-corrected chi connectivity index (χ3v) is 6.40. The molecule has 3 aromatic rings. The number of amides is 1. The van der Waals surface area contributed by atoms with E-state index in [1.165, 1.54) is 17.3 Å². The standard InChI is InChI=1S/C22H23ClN4OS2/c1-2-12-27-20(15-29-14-18-8-10-19(23)11-9-18)25-26-22(27)30-16-21(28)24-13-17-6-4-3-5-7-17/h2-11H,1,12-16H2,(H,24,28). The molecular weight excluding hydrogens is 436 g/mol. The summed E-state index contributed by atoms with van der Waals surface area (Å²) >= 11 is 9.08. The van der Waals surface area contributed by atoms with Crippen molar-refractivity contribution in [3.05, 3.63) is 89.2 Å². The van der Waals surface area contributed by atoms with Crippen molar-refractivity contribution in [2.75, 3.05) is 5.75 Å². The molecule has 156 valence electrons. The summed E-state index contributed by atoms with van der Waals surface area (Å²) in [6.45, 7) is 4.96. The van der Waals surface area contributed by atoms with Gasteiger partial charge in [0.1, 0.15) is 5.82 Å². The molecule has 0 radical (unpaired) electrons. The number of rotatable bonds is 11. The molecule has 0 bridgehead atoms. The summed E-state index contributed by atoms with van der Waals surface area (Å²) in [5.74, 6) is 2.73. The zero-order valence-corrected chi connectivity index (χ0v) is 18.8. The van der Waals surface area contributed by atoms with E-state index in [1.807, 2.05) is 65.2 Å². The van der Waals surface area contributed by atoms with Gasteiger partial charge in [-0.25, -0.2) is 0 Å². The van der Waals surface area contributed by atoms with Crippen LogP contribution in [0.25, 0.3) is 0 Å². The first-order chi connectivity index (χ1) is 14.7. The van der Waals surface area contributed by atoms with Gasteiger partial charge in [-0.2, -0.15) is 0 Å². The van der Waals surface area contributed by atoms with Crippen molar-refractivity contribution < 1.29 is 4.79 Å². The molecule has 0 unspecified atom stereocenters. The van der Waals surface area contributed by atoms with Crippen molar-refractivity contribution in [2.45, 2.75) is 29.8 Å². The number of hydrogen-bond donors (Lipinski definition) is 1. The van der Waals surface area contributed by atoms with Gasteiger partial charge in [0.25, 0.3) is 0 Å². The quantitative estimate of drug-likeness (QED) is 0.325. The van der Waals surface area contributed by atoms with Crippen LogP contribution in [-0.2, 0) is 29.4 Å². The molecule has 0 aliphatic rings.